The highest BCUT2D eigenvalue weighted by Crippen LogP contribution is 2.32. The van der Waals surface area contributed by atoms with E-state index < -0.39 is 5.97 Å². The number of aromatic carboxylic acids is 1. The molecule has 2 unspecified atom stereocenters. The highest BCUT2D eigenvalue weighted by Gasteiger charge is 2.31. The third-order valence-electron chi connectivity index (χ3n) is 2.26. The van der Waals surface area contributed by atoms with E-state index in [1.54, 1.807) is 0 Å². The first-order chi connectivity index (χ1) is 6.68. The molecular weight excluding hydrogens is 188 g/mol. The van der Waals surface area contributed by atoms with Crippen molar-refractivity contribution in [3.05, 3.63) is 11.7 Å². The number of hydrogen-bond donors (Lipinski definition) is 1. The van der Waals surface area contributed by atoms with Crippen LogP contribution in [0.2, 0.25) is 0 Å². The zero-order valence-corrected chi connectivity index (χ0v) is 7.64. The van der Waals surface area contributed by atoms with E-state index in [0.717, 1.165) is 6.42 Å². The van der Waals surface area contributed by atoms with Gasteiger partial charge in [-0.25, -0.2) is 4.79 Å². The lowest BCUT2D eigenvalue weighted by molar-refractivity contribution is 0.0657. The van der Waals surface area contributed by atoms with Gasteiger partial charge in [0.05, 0.1) is 0 Å². The summed E-state index contributed by atoms with van der Waals surface area (Å²) in [5, 5.41) is 11.9. The van der Waals surface area contributed by atoms with Crippen LogP contribution in [0, 0.1) is 5.92 Å². The number of nitrogens with zero attached hydrogens (tertiary/aromatic N) is 2. The van der Waals surface area contributed by atoms with Crippen molar-refractivity contribution >= 4 is 5.97 Å². The Labute approximate surface area is 79.9 Å². The van der Waals surface area contributed by atoms with Crippen LogP contribution in [-0.4, -0.2) is 27.8 Å². The van der Waals surface area contributed by atoms with Gasteiger partial charge in [0.25, 0.3) is 11.7 Å². The fourth-order valence-electron chi connectivity index (χ4n) is 1.45. The molecule has 6 heteroatoms. The van der Waals surface area contributed by atoms with E-state index in [9.17, 15) is 4.79 Å². The van der Waals surface area contributed by atoms with E-state index >= 15 is 0 Å². The van der Waals surface area contributed by atoms with Crippen molar-refractivity contribution in [2.75, 3.05) is 6.61 Å². The largest absolute Gasteiger partial charge is 0.475 e. The van der Waals surface area contributed by atoms with Crippen LogP contribution in [-0.2, 0) is 4.74 Å². The lowest BCUT2D eigenvalue weighted by atomic mass is 10.0. The third kappa shape index (κ3) is 1.48. The summed E-state index contributed by atoms with van der Waals surface area (Å²) >= 11 is 0. The quantitative estimate of drug-likeness (QED) is 0.758. The first-order valence-corrected chi connectivity index (χ1v) is 4.37. The number of rotatable bonds is 2. The fraction of sp³-hybridized carbons (Fsp3) is 0.625. The van der Waals surface area contributed by atoms with E-state index in [0.29, 0.717) is 6.61 Å². The number of ether oxygens (including phenoxy) is 1. The van der Waals surface area contributed by atoms with Gasteiger partial charge in [-0.1, -0.05) is 6.92 Å². The maximum atomic E-state index is 10.5. The Balaban J connectivity index is 2.20. The number of carbonyl (C=O) groups is 1. The summed E-state index contributed by atoms with van der Waals surface area (Å²) in [6, 6.07) is 0. The first-order valence-electron chi connectivity index (χ1n) is 4.37. The number of carboxylic acid groups (broad SMARTS) is 1. The van der Waals surface area contributed by atoms with E-state index in [-0.39, 0.29) is 23.7 Å². The molecule has 1 saturated heterocycles. The Hall–Kier alpha value is -1.43. The molecule has 0 aromatic carbocycles. The molecular formula is C8H10N2O4. The second kappa shape index (κ2) is 3.38. The van der Waals surface area contributed by atoms with E-state index in [1.165, 1.54) is 0 Å². The molecule has 14 heavy (non-hydrogen) atoms. The van der Waals surface area contributed by atoms with Crippen LogP contribution in [0.3, 0.4) is 0 Å². The lowest BCUT2D eigenvalue weighted by Crippen LogP contribution is -2.05. The molecule has 2 rings (SSSR count). The minimum absolute atomic E-state index is 0.254. The molecule has 1 aliphatic heterocycles. The van der Waals surface area contributed by atoms with Crippen LogP contribution < -0.4 is 0 Å². The maximum Gasteiger partial charge on any atom is 0.377 e. The van der Waals surface area contributed by atoms with Gasteiger partial charge in [0.1, 0.15) is 6.10 Å². The summed E-state index contributed by atoms with van der Waals surface area (Å²) in [5.41, 5.74) is 0. The summed E-state index contributed by atoms with van der Waals surface area (Å²) in [5.74, 6) is -0.960. The zero-order valence-electron chi connectivity index (χ0n) is 7.64. The summed E-state index contributed by atoms with van der Waals surface area (Å²) in [6.45, 7) is 2.65. The summed E-state index contributed by atoms with van der Waals surface area (Å²) in [7, 11) is 0. The first kappa shape index (κ1) is 9.14. The van der Waals surface area contributed by atoms with Crippen LogP contribution in [0.25, 0.3) is 0 Å². The summed E-state index contributed by atoms with van der Waals surface area (Å²) < 4.78 is 10.2. The maximum absolute atomic E-state index is 10.5. The molecule has 1 aromatic rings. The minimum atomic E-state index is -1.19. The molecule has 0 saturated carbocycles. The van der Waals surface area contributed by atoms with Gasteiger partial charge in [0, 0.05) is 6.61 Å². The van der Waals surface area contributed by atoms with Gasteiger partial charge in [0.15, 0.2) is 0 Å². The second-order valence-electron chi connectivity index (χ2n) is 3.32. The van der Waals surface area contributed by atoms with Gasteiger partial charge in [-0.2, -0.15) is 4.98 Å². The van der Waals surface area contributed by atoms with Crippen molar-refractivity contribution in [1.82, 2.24) is 10.1 Å². The van der Waals surface area contributed by atoms with Crippen LogP contribution in [0.5, 0.6) is 0 Å². The van der Waals surface area contributed by atoms with E-state index in [4.69, 9.17) is 14.4 Å². The Morgan fingerprint density at radius 1 is 1.64 bits per heavy atom. The van der Waals surface area contributed by atoms with Crippen molar-refractivity contribution in [2.45, 2.75) is 19.4 Å². The molecule has 1 aromatic heterocycles. The van der Waals surface area contributed by atoms with Crippen LogP contribution >= 0.6 is 0 Å². The summed E-state index contributed by atoms with van der Waals surface area (Å²) in [4.78, 5) is 14.2. The van der Waals surface area contributed by atoms with E-state index in [1.807, 2.05) is 6.92 Å². The van der Waals surface area contributed by atoms with Crippen molar-refractivity contribution in [3.63, 3.8) is 0 Å². The molecule has 1 aliphatic rings. The second-order valence-corrected chi connectivity index (χ2v) is 3.32. The predicted molar refractivity (Wildman–Crippen MR) is 43.7 cm³/mol. The van der Waals surface area contributed by atoms with Crippen LogP contribution in [0.15, 0.2) is 4.52 Å². The van der Waals surface area contributed by atoms with Crippen LogP contribution in [0.1, 0.15) is 36.0 Å². The number of carboxylic acids is 1. The lowest BCUT2D eigenvalue weighted by Gasteiger charge is -2.07. The van der Waals surface area contributed by atoms with Crippen molar-refractivity contribution in [2.24, 2.45) is 5.92 Å². The number of aromatic nitrogens is 2. The van der Waals surface area contributed by atoms with Gasteiger partial charge in [-0.15, -0.1) is 0 Å². The SMILES string of the molecule is CC1CCOC1c1nc(C(=O)O)no1. The molecule has 76 valence electrons. The molecule has 0 bridgehead atoms. The normalized spacial score (nSPS) is 26.6. The van der Waals surface area contributed by atoms with Gasteiger partial charge in [-0.05, 0) is 17.5 Å². The molecule has 1 fully saturated rings. The Kier molecular flexibility index (Phi) is 2.20. The molecule has 0 amide bonds. The molecule has 2 heterocycles. The third-order valence-corrected chi connectivity index (χ3v) is 2.26. The highest BCUT2D eigenvalue weighted by atomic mass is 16.5. The summed E-state index contributed by atoms with van der Waals surface area (Å²) in [6.07, 6.45) is 0.672. The average Bonchev–Trinajstić information content (AvgIpc) is 2.71. The minimum Gasteiger partial charge on any atom is -0.475 e. The Morgan fingerprint density at radius 3 is 2.93 bits per heavy atom. The standard InChI is InChI=1S/C8H10N2O4/c1-4-2-3-13-5(4)7-9-6(8(11)12)10-14-7/h4-5H,2-3H2,1H3,(H,11,12). The fourth-order valence-corrected chi connectivity index (χ4v) is 1.45. The van der Waals surface area contributed by atoms with Gasteiger partial charge in [-0.3, -0.25) is 0 Å². The molecule has 1 N–H and O–H groups in total. The molecule has 6 nitrogen and oxygen atoms in total. The monoisotopic (exact) mass is 198 g/mol. The predicted octanol–water partition coefficient (Wildman–Crippen LogP) is 0.865. The van der Waals surface area contributed by atoms with Crippen molar-refractivity contribution in [3.8, 4) is 0 Å². The average molecular weight is 198 g/mol. The van der Waals surface area contributed by atoms with Crippen LogP contribution in [0.4, 0.5) is 0 Å². The van der Waals surface area contributed by atoms with Gasteiger partial charge >= 0.3 is 5.97 Å². The molecule has 2 atom stereocenters. The van der Waals surface area contributed by atoms with Crippen molar-refractivity contribution in [1.29, 1.82) is 0 Å². The van der Waals surface area contributed by atoms with E-state index in [2.05, 4.69) is 10.1 Å². The Morgan fingerprint density at radius 2 is 2.43 bits per heavy atom. The topological polar surface area (TPSA) is 85.5 Å². The van der Waals surface area contributed by atoms with Crippen molar-refractivity contribution < 1.29 is 19.2 Å². The molecule has 0 spiro atoms. The number of hydrogen-bond acceptors (Lipinski definition) is 5. The van der Waals surface area contributed by atoms with Gasteiger partial charge < -0.3 is 14.4 Å². The molecule has 0 radical (unpaired) electrons. The Bertz CT molecular complexity index is 349. The smallest absolute Gasteiger partial charge is 0.377 e. The van der Waals surface area contributed by atoms with Gasteiger partial charge in [0.2, 0.25) is 0 Å². The zero-order chi connectivity index (χ0) is 10.1. The highest BCUT2D eigenvalue weighted by molar-refractivity contribution is 5.82. The molecule has 0 aliphatic carbocycles.